The Balaban J connectivity index is 2.38. The third kappa shape index (κ3) is 7.52. The number of nitrogens with one attached hydrogen (secondary N) is 2. The van der Waals surface area contributed by atoms with Crippen molar-refractivity contribution in [3.8, 4) is 0 Å². The predicted octanol–water partition coefficient (Wildman–Crippen LogP) is 4.65. The summed E-state index contributed by atoms with van der Waals surface area (Å²) in [7, 11) is 0. The minimum atomic E-state index is -0.961. The fourth-order valence-electron chi connectivity index (χ4n) is 3.44. The molecule has 2 aromatic rings. The first-order chi connectivity index (χ1) is 16.0. The molecule has 2 aromatic carbocycles. The number of anilines is 1. The molecule has 0 saturated heterocycles. The number of rotatable bonds is 8. The van der Waals surface area contributed by atoms with Gasteiger partial charge in [0.1, 0.15) is 17.7 Å². The zero-order chi connectivity index (χ0) is 25.5. The highest BCUT2D eigenvalue weighted by Gasteiger charge is 2.35. The standard InChI is InChI=1S/C26H35N3O4S/c1-7-29(24(31)21(16-34)28-25(32)33-26(4,5)6)22(19-14-12-17(2)13-15-19)23(30)27-20-11-9-8-10-18(20)3/h8-15,21-22,34H,7,16H2,1-6H3,(H,27,30)(H,28,32). The Labute approximate surface area is 207 Å². The van der Waals surface area contributed by atoms with E-state index in [1.807, 2.05) is 62.4 Å². The van der Waals surface area contributed by atoms with E-state index in [1.54, 1.807) is 27.7 Å². The van der Waals surface area contributed by atoms with Crippen LogP contribution in [0.1, 0.15) is 50.4 Å². The summed E-state index contributed by atoms with van der Waals surface area (Å²) in [5, 5.41) is 5.55. The third-order valence-electron chi connectivity index (χ3n) is 5.15. The van der Waals surface area contributed by atoms with Gasteiger partial charge in [0.25, 0.3) is 5.91 Å². The van der Waals surface area contributed by atoms with Crippen LogP contribution in [0.15, 0.2) is 48.5 Å². The Kier molecular flexibility index (Phi) is 9.55. The quantitative estimate of drug-likeness (QED) is 0.475. The lowest BCUT2D eigenvalue weighted by molar-refractivity contribution is -0.140. The van der Waals surface area contributed by atoms with E-state index in [1.165, 1.54) is 4.90 Å². The van der Waals surface area contributed by atoms with Crippen LogP contribution in [0.25, 0.3) is 0 Å². The molecule has 0 heterocycles. The number of carbonyl (C=O) groups is 3. The molecule has 0 aliphatic heterocycles. The number of para-hydroxylation sites is 1. The molecule has 0 aromatic heterocycles. The maximum atomic E-state index is 13.5. The van der Waals surface area contributed by atoms with Crippen LogP contribution in [-0.2, 0) is 14.3 Å². The molecule has 0 spiro atoms. The first-order valence-electron chi connectivity index (χ1n) is 11.3. The molecule has 2 atom stereocenters. The van der Waals surface area contributed by atoms with Crippen LogP contribution in [0.5, 0.6) is 0 Å². The fraction of sp³-hybridized carbons (Fsp3) is 0.423. The second kappa shape index (κ2) is 11.9. The molecular formula is C26H35N3O4S. The van der Waals surface area contributed by atoms with Gasteiger partial charge in [-0.15, -0.1) is 0 Å². The molecule has 0 aliphatic rings. The summed E-state index contributed by atoms with van der Waals surface area (Å²) in [4.78, 5) is 40.8. The van der Waals surface area contributed by atoms with Gasteiger partial charge >= 0.3 is 6.09 Å². The van der Waals surface area contributed by atoms with Gasteiger partial charge in [-0.2, -0.15) is 12.6 Å². The van der Waals surface area contributed by atoms with Gasteiger partial charge in [-0.05, 0) is 58.7 Å². The summed E-state index contributed by atoms with van der Waals surface area (Å²) in [6.45, 7) is 11.1. The van der Waals surface area contributed by atoms with Crippen molar-refractivity contribution < 1.29 is 19.1 Å². The van der Waals surface area contributed by atoms with Gasteiger partial charge in [0.05, 0.1) is 0 Å². The van der Waals surface area contributed by atoms with E-state index in [0.717, 1.165) is 11.1 Å². The third-order valence-corrected chi connectivity index (χ3v) is 5.52. The highest BCUT2D eigenvalue weighted by atomic mass is 32.1. The zero-order valence-electron chi connectivity index (χ0n) is 20.7. The number of hydrogen-bond donors (Lipinski definition) is 3. The Morgan fingerprint density at radius 2 is 1.65 bits per heavy atom. The minimum Gasteiger partial charge on any atom is -0.444 e. The summed E-state index contributed by atoms with van der Waals surface area (Å²) < 4.78 is 5.30. The van der Waals surface area contributed by atoms with Gasteiger partial charge in [0, 0.05) is 18.0 Å². The molecule has 7 nitrogen and oxygen atoms in total. The molecule has 2 rings (SSSR count). The lowest BCUT2D eigenvalue weighted by Gasteiger charge is -2.33. The van der Waals surface area contributed by atoms with Crippen LogP contribution >= 0.6 is 12.6 Å². The number of amides is 3. The maximum Gasteiger partial charge on any atom is 0.408 e. The summed E-state index contributed by atoms with van der Waals surface area (Å²) >= 11 is 4.27. The number of alkyl carbamates (subject to hydrolysis) is 1. The van der Waals surface area contributed by atoms with Crippen LogP contribution in [0.4, 0.5) is 10.5 Å². The van der Waals surface area contributed by atoms with Crippen molar-refractivity contribution in [2.45, 2.75) is 59.2 Å². The molecular weight excluding hydrogens is 450 g/mol. The number of thiol groups is 1. The smallest absolute Gasteiger partial charge is 0.408 e. The van der Waals surface area contributed by atoms with Crippen LogP contribution in [-0.4, -0.2) is 46.7 Å². The van der Waals surface area contributed by atoms with Crippen molar-refractivity contribution in [2.75, 3.05) is 17.6 Å². The van der Waals surface area contributed by atoms with Crippen molar-refractivity contribution in [2.24, 2.45) is 0 Å². The summed E-state index contributed by atoms with van der Waals surface area (Å²) in [6.07, 6.45) is -0.716. The van der Waals surface area contributed by atoms with Crippen LogP contribution < -0.4 is 10.6 Å². The zero-order valence-corrected chi connectivity index (χ0v) is 21.6. The second-order valence-corrected chi connectivity index (χ2v) is 9.49. The highest BCUT2D eigenvalue weighted by Crippen LogP contribution is 2.25. The number of benzene rings is 2. The summed E-state index contributed by atoms with van der Waals surface area (Å²) in [6, 6.07) is 13.1. The number of hydrogen-bond acceptors (Lipinski definition) is 5. The molecule has 2 N–H and O–H groups in total. The molecule has 3 amide bonds. The van der Waals surface area contributed by atoms with Gasteiger partial charge < -0.3 is 20.3 Å². The molecule has 8 heteroatoms. The lowest BCUT2D eigenvalue weighted by Crippen LogP contribution is -2.53. The second-order valence-electron chi connectivity index (χ2n) is 9.12. The van der Waals surface area contributed by atoms with Crippen molar-refractivity contribution in [1.82, 2.24) is 10.2 Å². The molecule has 0 aliphatic carbocycles. The average molecular weight is 486 g/mol. The van der Waals surface area contributed by atoms with E-state index in [0.29, 0.717) is 11.3 Å². The normalized spacial score (nSPS) is 12.9. The van der Waals surface area contributed by atoms with Gasteiger partial charge in [0.2, 0.25) is 5.91 Å². The molecule has 34 heavy (non-hydrogen) atoms. The molecule has 184 valence electrons. The first kappa shape index (κ1) is 27.2. The SMILES string of the molecule is CCN(C(=O)C(CS)NC(=O)OC(C)(C)C)C(C(=O)Nc1ccccc1C)c1ccc(C)cc1. The Morgan fingerprint density at radius 3 is 2.18 bits per heavy atom. The Hall–Kier alpha value is -3.00. The largest absolute Gasteiger partial charge is 0.444 e. The van der Waals surface area contributed by atoms with Crippen LogP contribution in [0.2, 0.25) is 0 Å². The molecule has 0 fully saturated rings. The van der Waals surface area contributed by atoms with E-state index in [9.17, 15) is 14.4 Å². The highest BCUT2D eigenvalue weighted by molar-refractivity contribution is 7.80. The van der Waals surface area contributed by atoms with E-state index in [2.05, 4.69) is 23.3 Å². The van der Waals surface area contributed by atoms with Crippen molar-refractivity contribution in [3.63, 3.8) is 0 Å². The van der Waals surface area contributed by atoms with Gasteiger partial charge in [0.15, 0.2) is 0 Å². The topological polar surface area (TPSA) is 87.7 Å². The molecule has 0 bridgehead atoms. The maximum absolute atomic E-state index is 13.5. The van der Waals surface area contributed by atoms with Gasteiger partial charge in [-0.25, -0.2) is 4.79 Å². The number of carbonyl (C=O) groups excluding carboxylic acids is 3. The number of nitrogens with zero attached hydrogens (tertiary/aromatic N) is 1. The van der Waals surface area contributed by atoms with E-state index < -0.39 is 29.7 Å². The monoisotopic (exact) mass is 485 g/mol. The molecule has 0 radical (unpaired) electrons. The summed E-state index contributed by atoms with van der Waals surface area (Å²) in [5.74, 6) is -0.716. The van der Waals surface area contributed by atoms with Gasteiger partial charge in [-0.3, -0.25) is 9.59 Å². The number of likely N-dealkylation sites (N-methyl/N-ethyl adjacent to an activating group) is 1. The van der Waals surface area contributed by atoms with Crippen molar-refractivity contribution in [3.05, 3.63) is 65.2 Å². The fourth-order valence-corrected chi connectivity index (χ4v) is 3.68. The first-order valence-corrected chi connectivity index (χ1v) is 11.9. The Bertz CT molecular complexity index is 1000. The van der Waals surface area contributed by atoms with E-state index >= 15 is 0 Å². The van der Waals surface area contributed by atoms with E-state index in [-0.39, 0.29) is 18.2 Å². The lowest BCUT2D eigenvalue weighted by atomic mass is 10.0. The molecule has 0 saturated carbocycles. The Morgan fingerprint density at radius 1 is 1.03 bits per heavy atom. The predicted molar refractivity (Wildman–Crippen MR) is 138 cm³/mol. The number of aryl methyl sites for hydroxylation is 2. The van der Waals surface area contributed by atoms with Gasteiger partial charge in [-0.1, -0.05) is 48.0 Å². The average Bonchev–Trinajstić information content (AvgIpc) is 2.76. The van der Waals surface area contributed by atoms with E-state index in [4.69, 9.17) is 4.74 Å². The van der Waals surface area contributed by atoms with Crippen molar-refractivity contribution >= 4 is 36.2 Å². The number of ether oxygens (including phenoxy) is 1. The summed E-state index contributed by atoms with van der Waals surface area (Å²) in [5.41, 5.74) is 2.58. The molecule has 2 unspecified atom stereocenters. The van der Waals surface area contributed by atoms with Crippen LogP contribution in [0, 0.1) is 13.8 Å². The van der Waals surface area contributed by atoms with Crippen LogP contribution in [0.3, 0.4) is 0 Å². The van der Waals surface area contributed by atoms with Crippen molar-refractivity contribution in [1.29, 1.82) is 0 Å². The minimum absolute atomic E-state index is 0.0502.